The molecule has 2 amide bonds. The summed E-state index contributed by atoms with van der Waals surface area (Å²) in [7, 11) is 0. The Kier molecular flexibility index (Phi) is 5.70. The standard InChI is InChI=1S/C15H23N3O2/c1-9-5-10(2)15(11(3)6-9)18-14(20)8-17-13(19)7-12(4)16/h5-6,12H,7-8,16H2,1-4H3,(H,17,19)(H,18,20). The number of carbonyl (C=O) groups excluding carboxylic acids is 2. The number of carbonyl (C=O) groups is 2. The summed E-state index contributed by atoms with van der Waals surface area (Å²) in [5.74, 6) is -0.453. The zero-order valence-electron chi connectivity index (χ0n) is 12.5. The maximum Gasteiger partial charge on any atom is 0.243 e. The highest BCUT2D eigenvalue weighted by molar-refractivity contribution is 5.95. The van der Waals surface area contributed by atoms with Crippen molar-refractivity contribution in [3.63, 3.8) is 0 Å². The Hall–Kier alpha value is -1.88. The van der Waals surface area contributed by atoms with Crippen LogP contribution < -0.4 is 16.4 Å². The lowest BCUT2D eigenvalue weighted by Gasteiger charge is -2.13. The molecule has 110 valence electrons. The van der Waals surface area contributed by atoms with Gasteiger partial charge >= 0.3 is 0 Å². The number of aryl methyl sites for hydroxylation is 3. The number of rotatable bonds is 5. The van der Waals surface area contributed by atoms with Gasteiger partial charge in [0.1, 0.15) is 0 Å². The van der Waals surface area contributed by atoms with Crippen LogP contribution in [0, 0.1) is 20.8 Å². The maximum atomic E-state index is 11.8. The molecule has 0 bridgehead atoms. The number of hydrogen-bond donors (Lipinski definition) is 3. The maximum absolute atomic E-state index is 11.8. The van der Waals surface area contributed by atoms with Crippen LogP contribution in [0.3, 0.4) is 0 Å². The van der Waals surface area contributed by atoms with E-state index in [9.17, 15) is 9.59 Å². The fraction of sp³-hybridized carbons (Fsp3) is 0.467. The van der Waals surface area contributed by atoms with Gasteiger partial charge in [0.25, 0.3) is 0 Å². The summed E-state index contributed by atoms with van der Waals surface area (Å²) >= 11 is 0. The third-order valence-corrected chi connectivity index (χ3v) is 2.89. The van der Waals surface area contributed by atoms with Gasteiger partial charge in [-0.1, -0.05) is 17.7 Å². The average Bonchev–Trinajstić information content (AvgIpc) is 2.30. The van der Waals surface area contributed by atoms with Gasteiger partial charge in [-0.3, -0.25) is 9.59 Å². The highest BCUT2D eigenvalue weighted by Gasteiger charge is 2.10. The lowest BCUT2D eigenvalue weighted by molar-refractivity contribution is -0.124. The van der Waals surface area contributed by atoms with Crippen molar-refractivity contribution in [3.05, 3.63) is 28.8 Å². The molecule has 0 saturated carbocycles. The lowest BCUT2D eigenvalue weighted by Crippen LogP contribution is -2.35. The van der Waals surface area contributed by atoms with Crippen molar-refractivity contribution in [2.45, 2.75) is 40.2 Å². The third kappa shape index (κ3) is 5.01. The van der Waals surface area contributed by atoms with Gasteiger partial charge in [-0.25, -0.2) is 0 Å². The number of benzene rings is 1. The van der Waals surface area contributed by atoms with Gasteiger partial charge in [0, 0.05) is 18.2 Å². The molecule has 0 spiro atoms. The number of nitrogens with one attached hydrogen (secondary N) is 2. The molecule has 0 aliphatic rings. The van der Waals surface area contributed by atoms with E-state index in [4.69, 9.17) is 5.73 Å². The van der Waals surface area contributed by atoms with Gasteiger partial charge in [0.2, 0.25) is 11.8 Å². The molecule has 5 heteroatoms. The van der Waals surface area contributed by atoms with Gasteiger partial charge in [-0.15, -0.1) is 0 Å². The van der Waals surface area contributed by atoms with E-state index in [1.165, 1.54) is 0 Å². The van der Waals surface area contributed by atoms with Crippen molar-refractivity contribution < 1.29 is 9.59 Å². The van der Waals surface area contributed by atoms with Crippen molar-refractivity contribution in [2.75, 3.05) is 11.9 Å². The van der Waals surface area contributed by atoms with E-state index >= 15 is 0 Å². The fourth-order valence-corrected chi connectivity index (χ4v) is 2.10. The fourth-order valence-electron chi connectivity index (χ4n) is 2.10. The molecule has 1 atom stereocenters. The van der Waals surface area contributed by atoms with Crippen molar-refractivity contribution in [3.8, 4) is 0 Å². The topological polar surface area (TPSA) is 84.2 Å². The van der Waals surface area contributed by atoms with Gasteiger partial charge in [-0.2, -0.15) is 0 Å². The van der Waals surface area contributed by atoms with E-state index in [1.54, 1.807) is 6.92 Å². The van der Waals surface area contributed by atoms with Crippen LogP contribution in [0.4, 0.5) is 5.69 Å². The minimum absolute atomic E-state index is 0.0433. The van der Waals surface area contributed by atoms with Crippen molar-refractivity contribution in [1.29, 1.82) is 0 Å². The molecular weight excluding hydrogens is 254 g/mol. The Morgan fingerprint density at radius 2 is 1.70 bits per heavy atom. The van der Waals surface area contributed by atoms with E-state index in [0.717, 1.165) is 22.4 Å². The minimum Gasteiger partial charge on any atom is -0.347 e. The minimum atomic E-state index is -0.238. The molecule has 0 radical (unpaired) electrons. The molecule has 0 aliphatic heterocycles. The zero-order chi connectivity index (χ0) is 15.3. The first kappa shape index (κ1) is 16.2. The van der Waals surface area contributed by atoms with Crippen molar-refractivity contribution in [2.24, 2.45) is 5.73 Å². The van der Waals surface area contributed by atoms with Crippen LogP contribution in [-0.2, 0) is 9.59 Å². The lowest BCUT2D eigenvalue weighted by atomic mass is 10.1. The van der Waals surface area contributed by atoms with Gasteiger partial charge in [0.15, 0.2) is 0 Å². The van der Waals surface area contributed by atoms with Crippen LogP contribution in [0.2, 0.25) is 0 Å². The summed E-state index contributed by atoms with van der Waals surface area (Å²) in [6.07, 6.45) is 0.218. The molecule has 1 rings (SSSR count). The number of amides is 2. The number of nitrogens with two attached hydrogens (primary N) is 1. The van der Waals surface area contributed by atoms with Crippen LogP contribution >= 0.6 is 0 Å². The quantitative estimate of drug-likeness (QED) is 0.760. The van der Waals surface area contributed by atoms with E-state index in [1.807, 2.05) is 32.9 Å². The summed E-state index contributed by atoms with van der Waals surface area (Å²) in [5, 5.41) is 5.38. The normalized spacial score (nSPS) is 11.8. The molecule has 0 heterocycles. The summed E-state index contributed by atoms with van der Waals surface area (Å²) in [5.41, 5.74) is 9.50. The molecule has 0 saturated heterocycles. The second-order valence-corrected chi connectivity index (χ2v) is 5.28. The Bertz CT molecular complexity index is 487. The number of hydrogen-bond acceptors (Lipinski definition) is 3. The largest absolute Gasteiger partial charge is 0.347 e. The first-order valence-electron chi connectivity index (χ1n) is 6.69. The van der Waals surface area contributed by atoms with E-state index in [0.29, 0.717) is 0 Å². The van der Waals surface area contributed by atoms with Gasteiger partial charge in [-0.05, 0) is 38.8 Å². The SMILES string of the molecule is Cc1cc(C)c(NC(=O)CNC(=O)CC(C)N)c(C)c1. The van der Waals surface area contributed by atoms with Gasteiger partial charge in [0.05, 0.1) is 6.54 Å². The highest BCUT2D eigenvalue weighted by Crippen LogP contribution is 2.21. The molecule has 1 unspecified atom stereocenters. The van der Waals surface area contributed by atoms with Crippen LogP contribution in [0.15, 0.2) is 12.1 Å². The van der Waals surface area contributed by atoms with Crippen molar-refractivity contribution >= 4 is 17.5 Å². The first-order valence-corrected chi connectivity index (χ1v) is 6.69. The molecule has 20 heavy (non-hydrogen) atoms. The highest BCUT2D eigenvalue weighted by atomic mass is 16.2. The molecule has 1 aromatic carbocycles. The first-order chi connectivity index (χ1) is 9.29. The van der Waals surface area contributed by atoms with Crippen LogP contribution in [0.25, 0.3) is 0 Å². The Morgan fingerprint density at radius 1 is 1.15 bits per heavy atom. The summed E-state index contributed by atoms with van der Waals surface area (Å²) in [6, 6.07) is 3.81. The van der Waals surface area contributed by atoms with Crippen LogP contribution in [0.5, 0.6) is 0 Å². The third-order valence-electron chi connectivity index (χ3n) is 2.89. The summed E-state index contributed by atoms with van der Waals surface area (Å²) in [6.45, 7) is 7.62. The molecular formula is C15H23N3O2. The monoisotopic (exact) mass is 277 g/mol. The van der Waals surface area contributed by atoms with E-state index in [2.05, 4.69) is 10.6 Å². The Labute approximate surface area is 119 Å². The zero-order valence-corrected chi connectivity index (χ0v) is 12.5. The van der Waals surface area contributed by atoms with Gasteiger partial charge < -0.3 is 16.4 Å². The van der Waals surface area contributed by atoms with Crippen LogP contribution in [-0.4, -0.2) is 24.4 Å². The molecule has 0 fully saturated rings. The number of anilines is 1. The molecule has 5 nitrogen and oxygen atoms in total. The Balaban J connectivity index is 2.57. The van der Waals surface area contributed by atoms with E-state index < -0.39 is 0 Å². The molecule has 0 aromatic heterocycles. The van der Waals surface area contributed by atoms with E-state index in [-0.39, 0.29) is 30.8 Å². The van der Waals surface area contributed by atoms with Crippen LogP contribution in [0.1, 0.15) is 30.0 Å². The second kappa shape index (κ2) is 7.05. The Morgan fingerprint density at radius 3 is 2.20 bits per heavy atom. The molecule has 0 aliphatic carbocycles. The van der Waals surface area contributed by atoms with Crippen molar-refractivity contribution in [1.82, 2.24) is 5.32 Å². The molecule has 4 N–H and O–H groups in total. The second-order valence-electron chi connectivity index (χ2n) is 5.28. The smallest absolute Gasteiger partial charge is 0.243 e. The predicted octanol–water partition coefficient (Wildman–Crippen LogP) is 1.40. The summed E-state index contributed by atoms with van der Waals surface area (Å²) in [4.78, 5) is 23.3. The predicted molar refractivity (Wildman–Crippen MR) is 80.6 cm³/mol. The molecule has 1 aromatic rings. The average molecular weight is 277 g/mol. The summed E-state index contributed by atoms with van der Waals surface area (Å²) < 4.78 is 0.